The molecule has 4 rings (SSSR count). The van der Waals surface area contributed by atoms with Crippen molar-refractivity contribution >= 4 is 28.8 Å². The molecule has 2 heterocycles. The fraction of sp³-hybridized carbons (Fsp3) is 0.625. The van der Waals surface area contributed by atoms with Crippen molar-refractivity contribution in [2.24, 2.45) is 5.92 Å². The Balaban J connectivity index is 1.61. The Hall–Kier alpha value is -2.27. The first-order valence-electron chi connectivity index (χ1n) is 12.0. The van der Waals surface area contributed by atoms with Crippen LogP contribution in [0.4, 0.5) is 22.0 Å². The molecule has 1 N–H and O–H groups in total. The Morgan fingerprint density at radius 3 is 2.42 bits per heavy atom. The summed E-state index contributed by atoms with van der Waals surface area (Å²) in [7, 11) is 0. The fourth-order valence-corrected chi connectivity index (χ4v) is 5.13. The summed E-state index contributed by atoms with van der Waals surface area (Å²) in [5, 5.41) is 13.1. The Morgan fingerprint density at radius 2 is 1.86 bits per heavy atom. The fourth-order valence-electron chi connectivity index (χ4n) is 4.87. The van der Waals surface area contributed by atoms with Crippen LogP contribution in [0.3, 0.4) is 0 Å². The number of rotatable bonds is 8. The maximum Gasteiger partial charge on any atom is 0.433 e. The number of carbonyl (C=O) groups excluding carboxylic acids is 2. The highest BCUT2D eigenvalue weighted by Gasteiger charge is 2.58. The van der Waals surface area contributed by atoms with Crippen LogP contribution < -0.4 is 0 Å². The van der Waals surface area contributed by atoms with Crippen LogP contribution in [0, 0.1) is 5.92 Å². The first-order valence-corrected chi connectivity index (χ1v) is 12.4. The smallest absolute Gasteiger partial charge is 0.393 e. The highest BCUT2D eigenvalue weighted by Crippen LogP contribution is 2.56. The molecule has 2 fully saturated rings. The molecule has 0 aliphatic heterocycles. The molecule has 6 nitrogen and oxygen atoms in total. The molecule has 2 saturated carbocycles. The van der Waals surface area contributed by atoms with Crippen LogP contribution in [0.2, 0.25) is 5.02 Å². The second kappa shape index (κ2) is 9.89. The average molecular weight is 536 g/mol. The second-order valence-electron chi connectivity index (χ2n) is 9.79. The van der Waals surface area contributed by atoms with Gasteiger partial charge in [-0.05, 0) is 55.7 Å². The molecule has 1 unspecified atom stereocenters. The number of Topliss-reactive ketones (excluding diaryl/α,β-unsaturated/α-hetero) is 1. The van der Waals surface area contributed by atoms with E-state index in [4.69, 9.17) is 11.6 Å². The van der Waals surface area contributed by atoms with E-state index in [1.165, 1.54) is 4.90 Å². The average Bonchev–Trinajstić information content (AvgIpc) is 3.31. The van der Waals surface area contributed by atoms with Crippen molar-refractivity contribution < 1.29 is 36.6 Å². The van der Waals surface area contributed by atoms with Gasteiger partial charge in [-0.1, -0.05) is 18.5 Å². The molecule has 36 heavy (non-hydrogen) atoms. The number of aliphatic hydroxyl groups excluding tert-OH is 1. The molecule has 12 heteroatoms. The van der Waals surface area contributed by atoms with Gasteiger partial charge in [0, 0.05) is 19.4 Å². The maximum absolute atomic E-state index is 13.8. The first kappa shape index (κ1) is 26.8. The number of amides is 1. The van der Waals surface area contributed by atoms with Gasteiger partial charge in [-0.2, -0.15) is 18.3 Å². The van der Waals surface area contributed by atoms with Gasteiger partial charge in [0.15, 0.2) is 11.5 Å². The summed E-state index contributed by atoms with van der Waals surface area (Å²) < 4.78 is 69.0. The number of nitrogens with zero attached hydrogens (tertiary/aromatic N) is 3. The SMILES string of the molecule is CCCN(CC(=O)CC1CCC(O)CC1)C(=O)c1nn2c(C(F)(F)F)cc(C3CC3(F)F)cc2c1Cl. The number of hydrogen-bond donors (Lipinski definition) is 1. The monoisotopic (exact) mass is 535 g/mol. The zero-order chi connectivity index (χ0) is 26.4. The number of carbonyl (C=O) groups is 2. The van der Waals surface area contributed by atoms with Crippen LogP contribution >= 0.6 is 11.6 Å². The van der Waals surface area contributed by atoms with Crippen molar-refractivity contribution in [1.29, 1.82) is 0 Å². The molecule has 2 aliphatic carbocycles. The van der Waals surface area contributed by atoms with Crippen molar-refractivity contribution in [3.63, 3.8) is 0 Å². The van der Waals surface area contributed by atoms with E-state index in [-0.39, 0.29) is 53.4 Å². The van der Waals surface area contributed by atoms with Crippen LogP contribution in [-0.4, -0.2) is 56.4 Å². The second-order valence-corrected chi connectivity index (χ2v) is 10.2. The predicted molar refractivity (Wildman–Crippen MR) is 121 cm³/mol. The lowest BCUT2D eigenvalue weighted by Crippen LogP contribution is -2.37. The number of ketones is 1. The number of aliphatic hydroxyl groups is 1. The van der Waals surface area contributed by atoms with Crippen molar-refractivity contribution in [2.45, 2.75) is 76.0 Å². The van der Waals surface area contributed by atoms with Crippen LogP contribution in [0.1, 0.15) is 79.5 Å². The first-order chi connectivity index (χ1) is 16.8. The van der Waals surface area contributed by atoms with E-state index in [1.54, 1.807) is 6.92 Å². The number of aromatic nitrogens is 2. The summed E-state index contributed by atoms with van der Waals surface area (Å²) in [6.07, 6.45) is -2.51. The third-order valence-corrected chi connectivity index (χ3v) is 7.27. The topological polar surface area (TPSA) is 74.9 Å². The number of fused-ring (bicyclic) bond motifs is 1. The van der Waals surface area contributed by atoms with E-state index in [0.717, 1.165) is 6.07 Å². The minimum absolute atomic E-state index is 0.103. The summed E-state index contributed by atoms with van der Waals surface area (Å²) in [6.45, 7) is 1.69. The summed E-state index contributed by atoms with van der Waals surface area (Å²) in [4.78, 5) is 27.2. The molecule has 1 atom stereocenters. The van der Waals surface area contributed by atoms with Gasteiger partial charge in [0.2, 0.25) is 0 Å². The third-order valence-electron chi connectivity index (χ3n) is 6.90. The molecular weight excluding hydrogens is 509 g/mol. The van der Waals surface area contributed by atoms with E-state index >= 15 is 0 Å². The normalized spacial score (nSPS) is 23.6. The Morgan fingerprint density at radius 1 is 1.22 bits per heavy atom. The summed E-state index contributed by atoms with van der Waals surface area (Å²) >= 11 is 6.30. The molecule has 198 valence electrons. The Kier molecular flexibility index (Phi) is 7.36. The summed E-state index contributed by atoms with van der Waals surface area (Å²) in [6, 6.07) is 1.73. The number of pyridine rings is 1. The van der Waals surface area contributed by atoms with Gasteiger partial charge in [-0.25, -0.2) is 13.3 Å². The van der Waals surface area contributed by atoms with E-state index in [9.17, 15) is 36.6 Å². The molecule has 0 aromatic carbocycles. The summed E-state index contributed by atoms with van der Waals surface area (Å²) in [5.41, 5.74) is -2.30. The Bertz CT molecular complexity index is 1160. The largest absolute Gasteiger partial charge is 0.433 e. The van der Waals surface area contributed by atoms with Gasteiger partial charge < -0.3 is 10.0 Å². The van der Waals surface area contributed by atoms with Gasteiger partial charge in [0.05, 0.1) is 29.1 Å². The van der Waals surface area contributed by atoms with Crippen molar-refractivity contribution in [3.8, 4) is 0 Å². The van der Waals surface area contributed by atoms with Crippen LogP contribution in [0.15, 0.2) is 12.1 Å². The minimum Gasteiger partial charge on any atom is -0.393 e. The molecule has 2 aromatic heterocycles. The predicted octanol–water partition coefficient (Wildman–Crippen LogP) is 5.49. The lowest BCUT2D eigenvalue weighted by atomic mass is 9.84. The molecule has 0 radical (unpaired) electrons. The number of halogens is 6. The van der Waals surface area contributed by atoms with Crippen LogP contribution in [0.5, 0.6) is 0 Å². The third kappa shape index (κ3) is 5.51. The van der Waals surface area contributed by atoms with Gasteiger partial charge >= 0.3 is 6.18 Å². The lowest BCUT2D eigenvalue weighted by molar-refractivity contribution is -0.142. The van der Waals surface area contributed by atoms with Crippen molar-refractivity contribution in [1.82, 2.24) is 14.5 Å². The lowest BCUT2D eigenvalue weighted by Gasteiger charge is -2.26. The molecule has 1 amide bonds. The van der Waals surface area contributed by atoms with Crippen molar-refractivity contribution in [2.75, 3.05) is 13.1 Å². The van der Waals surface area contributed by atoms with Gasteiger partial charge in [0.25, 0.3) is 11.8 Å². The van der Waals surface area contributed by atoms with E-state index < -0.39 is 41.7 Å². The van der Waals surface area contributed by atoms with Gasteiger partial charge in [0.1, 0.15) is 5.69 Å². The van der Waals surface area contributed by atoms with Crippen LogP contribution in [-0.2, 0) is 11.0 Å². The molecule has 0 saturated heterocycles. The highest BCUT2D eigenvalue weighted by atomic mass is 35.5. The number of alkyl halides is 5. The minimum atomic E-state index is -4.93. The van der Waals surface area contributed by atoms with E-state index in [2.05, 4.69) is 5.10 Å². The molecular formula is C24H27ClF5N3O3. The Labute approximate surface area is 209 Å². The zero-order valence-electron chi connectivity index (χ0n) is 19.6. The van der Waals surface area contributed by atoms with Gasteiger partial charge in [-0.3, -0.25) is 9.59 Å². The highest BCUT2D eigenvalue weighted by molar-refractivity contribution is 6.36. The maximum atomic E-state index is 13.8. The van der Waals surface area contributed by atoms with Gasteiger partial charge in [-0.15, -0.1) is 0 Å². The standard InChI is InChI=1S/C24H27ClF5N3O3/c1-2-7-32(12-16(35)8-13-3-5-15(34)6-4-13)22(36)21-20(25)18-9-14(17-11-23(17,26)27)10-19(24(28,29)30)33(18)31-21/h9-10,13,15,17,34H,2-8,11-12H2,1H3. The van der Waals surface area contributed by atoms with Crippen LogP contribution in [0.25, 0.3) is 5.52 Å². The molecule has 0 spiro atoms. The molecule has 0 bridgehead atoms. The summed E-state index contributed by atoms with van der Waals surface area (Å²) in [5.74, 6) is -5.35. The number of hydrogen-bond acceptors (Lipinski definition) is 4. The molecule has 2 aromatic rings. The molecule has 2 aliphatic rings. The van der Waals surface area contributed by atoms with Crippen molar-refractivity contribution in [3.05, 3.63) is 34.1 Å². The zero-order valence-corrected chi connectivity index (χ0v) is 20.4. The quantitative estimate of drug-likeness (QED) is 0.454. The van der Waals surface area contributed by atoms with E-state index in [1.807, 2.05) is 0 Å². The van der Waals surface area contributed by atoms with E-state index in [0.29, 0.717) is 42.7 Å².